The van der Waals surface area contributed by atoms with E-state index in [-0.39, 0.29) is 18.1 Å². The number of urea groups is 1. The summed E-state index contributed by atoms with van der Waals surface area (Å²) in [5, 5.41) is 0.458. The van der Waals surface area contributed by atoms with Gasteiger partial charge in [0.05, 0.1) is 35.3 Å². The van der Waals surface area contributed by atoms with Crippen molar-refractivity contribution < 1.29 is 9.53 Å². The van der Waals surface area contributed by atoms with Crippen LogP contribution >= 0.6 is 11.6 Å². The van der Waals surface area contributed by atoms with E-state index in [1.54, 1.807) is 4.90 Å². The molecule has 6 nitrogen and oxygen atoms in total. The monoisotopic (exact) mass is 408 g/mol. The highest BCUT2D eigenvalue weighted by Gasteiger charge is 2.30. The summed E-state index contributed by atoms with van der Waals surface area (Å²) >= 11 is 5.83. The van der Waals surface area contributed by atoms with Crippen molar-refractivity contribution in [1.82, 2.24) is 14.9 Å². The molecule has 1 saturated heterocycles. The Kier molecular flexibility index (Phi) is 5.91. The molecule has 1 aliphatic heterocycles. The van der Waals surface area contributed by atoms with Gasteiger partial charge in [-0.05, 0) is 37.1 Å². The van der Waals surface area contributed by atoms with E-state index in [1.807, 2.05) is 65.6 Å². The van der Waals surface area contributed by atoms with E-state index in [2.05, 4.69) is 9.97 Å². The molecule has 1 fully saturated rings. The van der Waals surface area contributed by atoms with Crippen LogP contribution in [0.4, 0.5) is 16.2 Å². The molecule has 148 valence electrons. The lowest BCUT2D eigenvalue weighted by atomic mass is 10.1. The van der Waals surface area contributed by atoms with E-state index in [1.165, 1.54) is 12.4 Å². The molecule has 1 unspecified atom stereocenters. The number of piperidine rings is 1. The van der Waals surface area contributed by atoms with Crippen LogP contribution in [0.2, 0.25) is 5.02 Å². The molecule has 3 aromatic rings. The quantitative estimate of drug-likeness (QED) is 0.614. The minimum atomic E-state index is -0.165. The number of aromatic nitrogens is 2. The first-order valence-electron chi connectivity index (χ1n) is 9.54. The third-order valence-corrected chi connectivity index (χ3v) is 4.93. The van der Waals surface area contributed by atoms with E-state index in [0.717, 1.165) is 24.2 Å². The molecule has 1 atom stereocenters. The average molecular weight is 409 g/mol. The minimum Gasteiger partial charge on any atom is -0.458 e. The second-order valence-electron chi connectivity index (χ2n) is 6.80. The van der Waals surface area contributed by atoms with Crippen LogP contribution in [0, 0.1) is 0 Å². The van der Waals surface area contributed by atoms with Crippen LogP contribution in [0.1, 0.15) is 12.8 Å². The van der Waals surface area contributed by atoms with Gasteiger partial charge in [0, 0.05) is 6.54 Å². The third kappa shape index (κ3) is 4.66. The van der Waals surface area contributed by atoms with Gasteiger partial charge in [0.15, 0.2) is 0 Å². The second-order valence-corrected chi connectivity index (χ2v) is 7.24. The van der Waals surface area contributed by atoms with Gasteiger partial charge in [-0.2, -0.15) is 0 Å². The molecule has 2 heterocycles. The number of carbonyl (C=O) groups is 1. The van der Waals surface area contributed by atoms with E-state index >= 15 is 0 Å². The van der Waals surface area contributed by atoms with Crippen LogP contribution in [0.15, 0.2) is 73.1 Å². The van der Waals surface area contributed by atoms with Gasteiger partial charge >= 0.3 is 12.0 Å². The smallest absolute Gasteiger partial charge is 0.329 e. The zero-order chi connectivity index (χ0) is 20.1. The van der Waals surface area contributed by atoms with Crippen molar-refractivity contribution in [3.05, 3.63) is 78.1 Å². The Bertz CT molecular complexity index is 899. The van der Waals surface area contributed by atoms with Gasteiger partial charge in [-0.25, -0.2) is 14.8 Å². The Morgan fingerprint density at radius 1 is 1.00 bits per heavy atom. The number of likely N-dealkylation sites (tertiary alicyclic amines) is 1. The van der Waals surface area contributed by atoms with E-state index in [9.17, 15) is 4.79 Å². The van der Waals surface area contributed by atoms with Gasteiger partial charge in [0.2, 0.25) is 0 Å². The second kappa shape index (κ2) is 8.92. The number of anilines is 2. The number of benzene rings is 2. The van der Waals surface area contributed by atoms with Gasteiger partial charge in [-0.3, -0.25) is 4.90 Å². The summed E-state index contributed by atoms with van der Waals surface area (Å²) in [5.41, 5.74) is 1.65. The van der Waals surface area contributed by atoms with Crippen molar-refractivity contribution in [3.8, 4) is 6.01 Å². The van der Waals surface area contributed by atoms with Crippen molar-refractivity contribution in [2.24, 2.45) is 0 Å². The van der Waals surface area contributed by atoms with Crippen LogP contribution in [0.5, 0.6) is 6.01 Å². The molecule has 0 N–H and O–H groups in total. The Morgan fingerprint density at radius 2 is 1.59 bits per heavy atom. The van der Waals surface area contributed by atoms with Crippen LogP contribution in [0.3, 0.4) is 0 Å². The predicted molar refractivity (Wildman–Crippen MR) is 113 cm³/mol. The average Bonchev–Trinajstić information content (AvgIpc) is 2.77. The van der Waals surface area contributed by atoms with Gasteiger partial charge < -0.3 is 9.64 Å². The lowest BCUT2D eigenvalue weighted by Crippen LogP contribution is -2.49. The number of rotatable bonds is 4. The predicted octanol–water partition coefficient (Wildman–Crippen LogP) is 4.93. The van der Waals surface area contributed by atoms with Gasteiger partial charge in [0.1, 0.15) is 6.10 Å². The highest BCUT2D eigenvalue weighted by Crippen LogP contribution is 2.28. The van der Waals surface area contributed by atoms with E-state index in [0.29, 0.717) is 18.1 Å². The maximum absolute atomic E-state index is 13.5. The highest BCUT2D eigenvalue weighted by atomic mass is 35.5. The Morgan fingerprint density at radius 3 is 2.17 bits per heavy atom. The summed E-state index contributed by atoms with van der Waals surface area (Å²) in [6.07, 6.45) is 4.53. The molecule has 1 aliphatic rings. The fraction of sp³-hybridized carbons (Fsp3) is 0.227. The largest absolute Gasteiger partial charge is 0.458 e. The molecule has 1 aromatic heterocycles. The Hall–Kier alpha value is -3.12. The number of para-hydroxylation sites is 2. The molecule has 0 bridgehead atoms. The third-order valence-electron chi connectivity index (χ3n) is 4.74. The molecule has 4 rings (SSSR count). The van der Waals surface area contributed by atoms with Crippen molar-refractivity contribution in [1.29, 1.82) is 0 Å². The number of carbonyl (C=O) groups excluding carboxylic acids is 1. The zero-order valence-corrected chi connectivity index (χ0v) is 16.6. The summed E-state index contributed by atoms with van der Waals surface area (Å²) in [4.78, 5) is 25.2. The van der Waals surface area contributed by atoms with E-state index in [4.69, 9.17) is 16.3 Å². The summed E-state index contributed by atoms with van der Waals surface area (Å²) in [6.45, 7) is 1.15. The SMILES string of the molecule is O=C(N1CCCC(Oc2ncc(Cl)cn2)C1)N(c1ccccc1)c1ccccc1. The zero-order valence-electron chi connectivity index (χ0n) is 15.8. The minimum absolute atomic E-state index is 0.0762. The lowest BCUT2D eigenvalue weighted by molar-refractivity contribution is 0.0969. The van der Waals surface area contributed by atoms with E-state index < -0.39 is 0 Å². The molecule has 7 heteroatoms. The number of hydrogen-bond acceptors (Lipinski definition) is 4. The first kappa shape index (κ1) is 19.2. The molecular weight excluding hydrogens is 388 g/mol. The molecule has 2 aromatic carbocycles. The number of nitrogens with zero attached hydrogens (tertiary/aromatic N) is 4. The number of halogens is 1. The fourth-order valence-electron chi connectivity index (χ4n) is 3.38. The molecule has 0 spiro atoms. The van der Waals surface area contributed by atoms with Crippen LogP contribution in [0.25, 0.3) is 0 Å². The van der Waals surface area contributed by atoms with Crippen LogP contribution < -0.4 is 9.64 Å². The molecule has 0 saturated carbocycles. The summed E-state index contributed by atoms with van der Waals surface area (Å²) < 4.78 is 5.89. The van der Waals surface area contributed by atoms with Gasteiger partial charge in [0.25, 0.3) is 0 Å². The number of hydrogen-bond donors (Lipinski definition) is 0. The summed E-state index contributed by atoms with van der Waals surface area (Å²) in [6, 6.07) is 19.5. The number of ether oxygens (including phenoxy) is 1. The number of amides is 2. The fourth-order valence-corrected chi connectivity index (χ4v) is 3.48. The topological polar surface area (TPSA) is 58.6 Å². The maximum Gasteiger partial charge on any atom is 0.329 e. The first-order valence-corrected chi connectivity index (χ1v) is 9.92. The molecule has 2 amide bonds. The molecule has 0 aliphatic carbocycles. The lowest BCUT2D eigenvalue weighted by Gasteiger charge is -2.36. The van der Waals surface area contributed by atoms with Crippen molar-refractivity contribution in [2.75, 3.05) is 18.0 Å². The van der Waals surface area contributed by atoms with Crippen LogP contribution in [-0.2, 0) is 0 Å². The Labute approximate surface area is 174 Å². The first-order chi connectivity index (χ1) is 14.2. The van der Waals surface area contributed by atoms with Crippen molar-refractivity contribution >= 4 is 29.0 Å². The molecule has 29 heavy (non-hydrogen) atoms. The maximum atomic E-state index is 13.5. The summed E-state index contributed by atoms with van der Waals surface area (Å²) in [5.74, 6) is 0. The molecule has 0 radical (unpaired) electrons. The summed E-state index contributed by atoms with van der Waals surface area (Å²) in [7, 11) is 0. The van der Waals surface area contributed by atoms with Gasteiger partial charge in [-0.15, -0.1) is 0 Å². The normalized spacial score (nSPS) is 16.3. The highest BCUT2D eigenvalue weighted by molar-refractivity contribution is 6.30. The van der Waals surface area contributed by atoms with Crippen molar-refractivity contribution in [3.63, 3.8) is 0 Å². The molecular formula is C22H21ClN4O2. The van der Waals surface area contributed by atoms with Gasteiger partial charge in [-0.1, -0.05) is 48.0 Å². The Balaban J connectivity index is 1.53. The standard InChI is InChI=1S/C22H21ClN4O2/c23-17-14-24-21(25-15-17)29-20-12-7-13-26(16-20)22(28)27(18-8-3-1-4-9-18)19-10-5-2-6-11-19/h1-6,8-11,14-15,20H,7,12-13,16H2. The van der Waals surface area contributed by atoms with Crippen molar-refractivity contribution in [2.45, 2.75) is 18.9 Å². The van der Waals surface area contributed by atoms with Crippen LogP contribution in [-0.4, -0.2) is 40.1 Å².